The molecule has 116 valence electrons. The summed E-state index contributed by atoms with van der Waals surface area (Å²) in [6.07, 6.45) is 0. The van der Waals surface area contributed by atoms with Gasteiger partial charge in [0, 0.05) is 5.69 Å². The van der Waals surface area contributed by atoms with Crippen LogP contribution >= 0.6 is 0 Å². The second-order valence-electron chi connectivity index (χ2n) is 6.13. The highest BCUT2D eigenvalue weighted by atomic mass is 16.5. The van der Waals surface area contributed by atoms with Gasteiger partial charge in [-0.3, -0.25) is 4.79 Å². The van der Waals surface area contributed by atoms with Crippen LogP contribution in [0, 0.1) is 13.8 Å². The summed E-state index contributed by atoms with van der Waals surface area (Å²) in [5.74, 6) is 0.765. The molecule has 22 heavy (non-hydrogen) atoms. The first-order chi connectivity index (χ1) is 10.3. The van der Waals surface area contributed by atoms with Gasteiger partial charge >= 0.3 is 0 Å². The third kappa shape index (κ3) is 3.30. The second kappa shape index (κ2) is 6.22. The van der Waals surface area contributed by atoms with Gasteiger partial charge < -0.3 is 10.1 Å². The molecule has 0 saturated carbocycles. The van der Waals surface area contributed by atoms with E-state index in [1.807, 2.05) is 70.2 Å². The Morgan fingerprint density at radius 3 is 2.27 bits per heavy atom. The number of methoxy groups -OCH3 is 1. The van der Waals surface area contributed by atoms with Gasteiger partial charge in [0.1, 0.15) is 5.75 Å². The number of carbonyl (C=O) groups is 1. The normalized spacial score (nSPS) is 11.1. The molecule has 0 aliphatic carbocycles. The van der Waals surface area contributed by atoms with Gasteiger partial charge in [0.2, 0.25) is 5.91 Å². The van der Waals surface area contributed by atoms with Gasteiger partial charge in [-0.2, -0.15) is 0 Å². The SMILES string of the molecule is COc1ccc(C(C)(C)C(=O)Nc2cc(C)ccc2C)cc1. The van der Waals surface area contributed by atoms with Crippen LogP contribution in [0.25, 0.3) is 0 Å². The first-order valence-electron chi connectivity index (χ1n) is 7.38. The van der Waals surface area contributed by atoms with E-state index in [1.165, 1.54) is 0 Å². The molecule has 0 atom stereocenters. The highest BCUT2D eigenvalue weighted by Gasteiger charge is 2.30. The molecule has 0 radical (unpaired) electrons. The van der Waals surface area contributed by atoms with E-state index in [0.29, 0.717) is 0 Å². The number of benzene rings is 2. The van der Waals surface area contributed by atoms with E-state index in [-0.39, 0.29) is 5.91 Å². The third-order valence-corrected chi connectivity index (χ3v) is 4.02. The van der Waals surface area contributed by atoms with Crippen molar-refractivity contribution in [2.45, 2.75) is 33.1 Å². The molecule has 2 rings (SSSR count). The second-order valence-corrected chi connectivity index (χ2v) is 6.13. The number of hydrogen-bond donors (Lipinski definition) is 1. The van der Waals surface area contributed by atoms with Crippen molar-refractivity contribution in [3.63, 3.8) is 0 Å². The molecule has 0 aliphatic heterocycles. The Hall–Kier alpha value is -2.29. The number of anilines is 1. The summed E-state index contributed by atoms with van der Waals surface area (Å²) >= 11 is 0. The maximum Gasteiger partial charge on any atom is 0.234 e. The number of ether oxygens (including phenoxy) is 1. The summed E-state index contributed by atoms with van der Waals surface area (Å²) in [6.45, 7) is 7.86. The number of nitrogens with one attached hydrogen (secondary N) is 1. The number of hydrogen-bond acceptors (Lipinski definition) is 2. The zero-order valence-corrected chi connectivity index (χ0v) is 13.9. The minimum Gasteiger partial charge on any atom is -0.497 e. The Labute approximate surface area is 132 Å². The molecule has 3 heteroatoms. The molecule has 2 aromatic carbocycles. The molecule has 2 aromatic rings. The van der Waals surface area contributed by atoms with Crippen molar-refractivity contribution >= 4 is 11.6 Å². The maximum atomic E-state index is 12.7. The Kier molecular flexibility index (Phi) is 4.55. The fraction of sp³-hybridized carbons (Fsp3) is 0.316. The van der Waals surface area contributed by atoms with Crippen LogP contribution in [0.1, 0.15) is 30.5 Å². The largest absolute Gasteiger partial charge is 0.497 e. The van der Waals surface area contributed by atoms with E-state index >= 15 is 0 Å². The predicted molar refractivity (Wildman–Crippen MR) is 90.6 cm³/mol. The summed E-state index contributed by atoms with van der Waals surface area (Å²) in [6, 6.07) is 13.7. The van der Waals surface area contributed by atoms with Gasteiger partial charge in [-0.15, -0.1) is 0 Å². The Morgan fingerprint density at radius 1 is 1.05 bits per heavy atom. The summed E-state index contributed by atoms with van der Waals surface area (Å²) in [4.78, 5) is 12.7. The molecule has 0 saturated heterocycles. The van der Waals surface area contributed by atoms with Crippen molar-refractivity contribution in [2.24, 2.45) is 0 Å². The highest BCUT2D eigenvalue weighted by molar-refractivity contribution is 5.99. The molecule has 1 amide bonds. The Balaban J connectivity index is 2.24. The molecule has 0 aromatic heterocycles. The zero-order valence-electron chi connectivity index (χ0n) is 13.9. The van der Waals surface area contributed by atoms with Crippen LogP contribution in [-0.2, 0) is 10.2 Å². The molecule has 0 aliphatic rings. The van der Waals surface area contributed by atoms with E-state index in [1.54, 1.807) is 7.11 Å². The predicted octanol–water partition coefficient (Wildman–Crippen LogP) is 4.23. The lowest BCUT2D eigenvalue weighted by molar-refractivity contribution is -0.120. The topological polar surface area (TPSA) is 38.3 Å². The van der Waals surface area contributed by atoms with Crippen molar-refractivity contribution in [1.29, 1.82) is 0 Å². The minimum atomic E-state index is -0.623. The zero-order chi connectivity index (χ0) is 16.3. The molecule has 0 bridgehead atoms. The molecular weight excluding hydrogens is 274 g/mol. The summed E-state index contributed by atoms with van der Waals surface area (Å²) in [7, 11) is 1.63. The number of aryl methyl sites for hydroxylation is 2. The van der Waals surface area contributed by atoms with Gasteiger partial charge in [0.05, 0.1) is 12.5 Å². The van der Waals surface area contributed by atoms with Crippen LogP contribution in [0.5, 0.6) is 5.75 Å². The first-order valence-corrected chi connectivity index (χ1v) is 7.38. The van der Waals surface area contributed by atoms with E-state index in [2.05, 4.69) is 5.32 Å². The van der Waals surface area contributed by atoms with Crippen LogP contribution in [0.15, 0.2) is 42.5 Å². The van der Waals surface area contributed by atoms with Crippen LogP contribution in [-0.4, -0.2) is 13.0 Å². The highest BCUT2D eigenvalue weighted by Crippen LogP contribution is 2.28. The maximum absolute atomic E-state index is 12.7. The van der Waals surface area contributed by atoms with Crippen LogP contribution in [0.3, 0.4) is 0 Å². The standard InChI is InChI=1S/C19H23NO2/c1-13-6-7-14(2)17(12-13)20-18(21)19(3,4)15-8-10-16(22-5)11-9-15/h6-12H,1-5H3,(H,20,21). The Morgan fingerprint density at radius 2 is 1.68 bits per heavy atom. The van der Waals surface area contributed by atoms with Gasteiger partial charge in [0.25, 0.3) is 0 Å². The van der Waals surface area contributed by atoms with Crippen molar-refractivity contribution < 1.29 is 9.53 Å². The summed E-state index contributed by atoms with van der Waals surface area (Å²) in [5.41, 5.74) is 3.39. The molecule has 3 nitrogen and oxygen atoms in total. The number of carbonyl (C=O) groups excluding carboxylic acids is 1. The lowest BCUT2D eigenvalue weighted by atomic mass is 9.83. The number of rotatable bonds is 4. The van der Waals surface area contributed by atoms with E-state index in [9.17, 15) is 4.79 Å². The average molecular weight is 297 g/mol. The molecule has 0 spiro atoms. The van der Waals surface area contributed by atoms with Gasteiger partial charge in [-0.05, 0) is 62.6 Å². The average Bonchev–Trinajstić information content (AvgIpc) is 2.51. The molecule has 0 heterocycles. The fourth-order valence-corrected chi connectivity index (χ4v) is 2.29. The van der Waals surface area contributed by atoms with Gasteiger partial charge in [0.15, 0.2) is 0 Å². The van der Waals surface area contributed by atoms with E-state index in [0.717, 1.165) is 28.1 Å². The first kappa shape index (κ1) is 16.1. The van der Waals surface area contributed by atoms with Crippen molar-refractivity contribution in [1.82, 2.24) is 0 Å². The lowest BCUT2D eigenvalue weighted by Gasteiger charge is -2.25. The van der Waals surface area contributed by atoms with Gasteiger partial charge in [-0.25, -0.2) is 0 Å². The minimum absolute atomic E-state index is 0.0219. The number of amides is 1. The van der Waals surface area contributed by atoms with Crippen LogP contribution in [0.4, 0.5) is 5.69 Å². The van der Waals surface area contributed by atoms with E-state index in [4.69, 9.17) is 4.74 Å². The van der Waals surface area contributed by atoms with E-state index < -0.39 is 5.41 Å². The van der Waals surface area contributed by atoms with Crippen molar-refractivity contribution in [3.05, 3.63) is 59.2 Å². The quantitative estimate of drug-likeness (QED) is 0.917. The smallest absolute Gasteiger partial charge is 0.234 e. The summed E-state index contributed by atoms with van der Waals surface area (Å²) in [5, 5.41) is 3.05. The molecule has 0 unspecified atom stereocenters. The lowest BCUT2D eigenvalue weighted by Crippen LogP contribution is -2.34. The van der Waals surface area contributed by atoms with Crippen LogP contribution < -0.4 is 10.1 Å². The fourth-order valence-electron chi connectivity index (χ4n) is 2.29. The van der Waals surface area contributed by atoms with Gasteiger partial charge in [-0.1, -0.05) is 24.3 Å². The van der Waals surface area contributed by atoms with Crippen LogP contribution in [0.2, 0.25) is 0 Å². The monoisotopic (exact) mass is 297 g/mol. The molecule has 1 N–H and O–H groups in total. The molecular formula is C19H23NO2. The van der Waals surface area contributed by atoms with Crippen molar-refractivity contribution in [3.8, 4) is 5.75 Å². The summed E-state index contributed by atoms with van der Waals surface area (Å²) < 4.78 is 5.17. The molecule has 0 fully saturated rings. The van der Waals surface area contributed by atoms with Crippen molar-refractivity contribution in [2.75, 3.05) is 12.4 Å². The Bertz CT molecular complexity index is 672. The third-order valence-electron chi connectivity index (χ3n) is 4.02.